The van der Waals surface area contributed by atoms with Crippen molar-refractivity contribution in [1.82, 2.24) is 5.32 Å². The molecule has 0 saturated carbocycles. The van der Waals surface area contributed by atoms with Crippen LogP contribution in [0.25, 0.3) is 0 Å². The molecule has 3 heteroatoms. The molecule has 1 aliphatic rings. The maximum absolute atomic E-state index is 6.17. The average Bonchev–Trinajstić information content (AvgIpc) is 2.82. The van der Waals surface area contributed by atoms with Gasteiger partial charge in [-0.25, -0.2) is 0 Å². The van der Waals surface area contributed by atoms with E-state index in [0.717, 1.165) is 13.0 Å². The Balaban J connectivity index is 2.01. The molecule has 0 radical (unpaired) electrons. The van der Waals surface area contributed by atoms with E-state index in [9.17, 15) is 0 Å². The molecule has 1 aliphatic carbocycles. The lowest BCUT2D eigenvalue weighted by Gasteiger charge is -2.13. The summed E-state index contributed by atoms with van der Waals surface area (Å²) < 4.78 is 0. The van der Waals surface area contributed by atoms with Crippen molar-refractivity contribution in [1.29, 1.82) is 0 Å². The van der Waals surface area contributed by atoms with Crippen LogP contribution in [0.5, 0.6) is 0 Å². The summed E-state index contributed by atoms with van der Waals surface area (Å²) in [5.41, 5.74) is 4.13. The van der Waals surface area contributed by atoms with Gasteiger partial charge in [-0.3, -0.25) is 0 Å². The molecule has 2 aromatic carbocycles. The first-order chi connectivity index (χ1) is 9.70. The molecule has 2 aromatic rings. The molecule has 1 N–H and O–H groups in total. The molecule has 1 nitrogen and oxygen atoms in total. The number of fused-ring (bicyclic) bond motifs is 1. The SMILES string of the molecule is CNC[C@@H]1C[C@@H](c2ccc(Cl)c(Cl)c2)c2ccccc21. The maximum Gasteiger partial charge on any atom is 0.0595 e. The number of halogens is 2. The van der Waals surface area contributed by atoms with Crippen LogP contribution >= 0.6 is 23.2 Å². The third kappa shape index (κ3) is 2.46. The summed E-state index contributed by atoms with van der Waals surface area (Å²) in [4.78, 5) is 0. The monoisotopic (exact) mass is 305 g/mol. The van der Waals surface area contributed by atoms with Crippen molar-refractivity contribution >= 4 is 23.2 Å². The average molecular weight is 306 g/mol. The minimum atomic E-state index is 0.416. The highest BCUT2D eigenvalue weighted by Crippen LogP contribution is 2.45. The summed E-state index contributed by atoms with van der Waals surface area (Å²) in [7, 11) is 2.01. The molecule has 0 aromatic heterocycles. The van der Waals surface area contributed by atoms with E-state index in [-0.39, 0.29) is 0 Å². The summed E-state index contributed by atoms with van der Waals surface area (Å²) in [5.74, 6) is 0.981. The molecular weight excluding hydrogens is 289 g/mol. The van der Waals surface area contributed by atoms with Crippen molar-refractivity contribution in [2.45, 2.75) is 18.3 Å². The fraction of sp³-hybridized carbons (Fsp3) is 0.294. The van der Waals surface area contributed by atoms with Gasteiger partial charge in [0.1, 0.15) is 0 Å². The van der Waals surface area contributed by atoms with E-state index in [1.807, 2.05) is 19.2 Å². The van der Waals surface area contributed by atoms with Gasteiger partial charge >= 0.3 is 0 Å². The smallest absolute Gasteiger partial charge is 0.0595 e. The minimum absolute atomic E-state index is 0.416. The van der Waals surface area contributed by atoms with Gasteiger partial charge < -0.3 is 5.32 Å². The molecule has 0 heterocycles. The molecule has 0 bridgehead atoms. The van der Waals surface area contributed by atoms with Crippen LogP contribution in [0.4, 0.5) is 0 Å². The van der Waals surface area contributed by atoms with E-state index in [2.05, 4.69) is 35.6 Å². The Hall–Kier alpha value is -1.02. The van der Waals surface area contributed by atoms with Crippen molar-refractivity contribution in [3.05, 3.63) is 69.2 Å². The molecular formula is C17H17Cl2N. The molecule has 0 saturated heterocycles. The number of benzene rings is 2. The number of hydrogen-bond donors (Lipinski definition) is 1. The highest BCUT2D eigenvalue weighted by molar-refractivity contribution is 6.42. The Morgan fingerprint density at radius 3 is 2.50 bits per heavy atom. The molecule has 0 unspecified atom stereocenters. The van der Waals surface area contributed by atoms with E-state index < -0.39 is 0 Å². The third-order valence-electron chi connectivity index (χ3n) is 4.13. The van der Waals surface area contributed by atoms with Crippen molar-refractivity contribution in [3.8, 4) is 0 Å². The summed E-state index contributed by atoms with van der Waals surface area (Å²) >= 11 is 12.2. The first kappa shape index (κ1) is 13.9. The number of likely N-dealkylation sites (N-methyl/N-ethyl adjacent to an activating group) is 1. The highest BCUT2D eigenvalue weighted by Gasteiger charge is 2.31. The van der Waals surface area contributed by atoms with Crippen LogP contribution < -0.4 is 5.32 Å². The van der Waals surface area contributed by atoms with Gasteiger partial charge in [0.05, 0.1) is 10.0 Å². The standard InChI is InChI=1S/C17H17Cl2N/c1-20-10-12-8-15(14-5-3-2-4-13(12)14)11-6-7-16(18)17(19)9-11/h2-7,9,12,15,20H,8,10H2,1H3/t12-,15-/m0/s1. The van der Waals surface area contributed by atoms with E-state index in [4.69, 9.17) is 23.2 Å². The summed E-state index contributed by atoms with van der Waals surface area (Å²) in [5, 5.41) is 4.55. The molecule has 0 amide bonds. The maximum atomic E-state index is 6.17. The second-order valence-electron chi connectivity index (χ2n) is 5.35. The van der Waals surface area contributed by atoms with Gasteiger partial charge in [-0.05, 0) is 48.2 Å². The second kappa shape index (κ2) is 5.77. The van der Waals surface area contributed by atoms with Crippen molar-refractivity contribution < 1.29 is 0 Å². The predicted molar refractivity (Wildman–Crippen MR) is 86.0 cm³/mol. The molecule has 3 rings (SSSR count). The molecule has 0 spiro atoms. The zero-order valence-electron chi connectivity index (χ0n) is 11.4. The first-order valence-corrected chi connectivity index (χ1v) is 7.64. The molecule has 0 fully saturated rings. The Kier molecular flexibility index (Phi) is 4.02. The van der Waals surface area contributed by atoms with Gasteiger partial charge in [-0.2, -0.15) is 0 Å². The van der Waals surface area contributed by atoms with Gasteiger partial charge in [0.2, 0.25) is 0 Å². The van der Waals surface area contributed by atoms with Crippen LogP contribution in [0.3, 0.4) is 0 Å². The third-order valence-corrected chi connectivity index (χ3v) is 4.87. The van der Waals surface area contributed by atoms with E-state index >= 15 is 0 Å². The van der Waals surface area contributed by atoms with Crippen LogP contribution in [0.15, 0.2) is 42.5 Å². The Morgan fingerprint density at radius 1 is 1.05 bits per heavy atom. The van der Waals surface area contributed by atoms with E-state index in [1.54, 1.807) is 0 Å². The lowest BCUT2D eigenvalue weighted by Crippen LogP contribution is -2.15. The molecule has 104 valence electrons. The molecule has 0 aliphatic heterocycles. The van der Waals surface area contributed by atoms with Gasteiger partial charge in [0, 0.05) is 12.5 Å². The minimum Gasteiger partial charge on any atom is -0.319 e. The largest absolute Gasteiger partial charge is 0.319 e. The van der Waals surface area contributed by atoms with Gasteiger partial charge in [-0.1, -0.05) is 53.5 Å². The zero-order chi connectivity index (χ0) is 14.1. The number of hydrogen-bond acceptors (Lipinski definition) is 1. The van der Waals surface area contributed by atoms with Crippen LogP contribution in [0.1, 0.15) is 34.9 Å². The first-order valence-electron chi connectivity index (χ1n) is 6.89. The van der Waals surface area contributed by atoms with Crippen LogP contribution in [-0.4, -0.2) is 13.6 Å². The van der Waals surface area contributed by atoms with Gasteiger partial charge in [-0.15, -0.1) is 0 Å². The second-order valence-corrected chi connectivity index (χ2v) is 6.16. The van der Waals surface area contributed by atoms with Gasteiger partial charge in [0.25, 0.3) is 0 Å². The quantitative estimate of drug-likeness (QED) is 0.856. The normalized spacial score (nSPS) is 20.9. The summed E-state index contributed by atoms with van der Waals surface area (Å²) in [6, 6.07) is 14.7. The Morgan fingerprint density at radius 2 is 1.80 bits per heavy atom. The van der Waals surface area contributed by atoms with Crippen molar-refractivity contribution in [2.75, 3.05) is 13.6 Å². The van der Waals surface area contributed by atoms with Crippen LogP contribution in [-0.2, 0) is 0 Å². The van der Waals surface area contributed by atoms with E-state index in [1.165, 1.54) is 16.7 Å². The van der Waals surface area contributed by atoms with Crippen molar-refractivity contribution in [2.24, 2.45) is 0 Å². The lowest BCUT2D eigenvalue weighted by molar-refractivity contribution is 0.597. The molecule has 2 atom stereocenters. The van der Waals surface area contributed by atoms with Crippen LogP contribution in [0.2, 0.25) is 10.0 Å². The highest BCUT2D eigenvalue weighted by atomic mass is 35.5. The van der Waals surface area contributed by atoms with Crippen molar-refractivity contribution in [3.63, 3.8) is 0 Å². The fourth-order valence-electron chi connectivity index (χ4n) is 3.22. The van der Waals surface area contributed by atoms with Gasteiger partial charge in [0.15, 0.2) is 0 Å². The number of rotatable bonds is 3. The Labute approximate surface area is 129 Å². The Bertz CT molecular complexity index is 624. The predicted octanol–water partition coefficient (Wildman–Crippen LogP) is 4.83. The zero-order valence-corrected chi connectivity index (χ0v) is 12.9. The topological polar surface area (TPSA) is 12.0 Å². The number of nitrogens with one attached hydrogen (secondary N) is 1. The lowest BCUT2D eigenvalue weighted by atomic mass is 9.93. The summed E-state index contributed by atoms with van der Waals surface area (Å²) in [6.07, 6.45) is 1.12. The fourth-order valence-corrected chi connectivity index (χ4v) is 3.53. The van der Waals surface area contributed by atoms with Crippen LogP contribution in [0, 0.1) is 0 Å². The molecule has 20 heavy (non-hydrogen) atoms. The summed E-state index contributed by atoms with van der Waals surface area (Å²) in [6.45, 7) is 1.01. The van der Waals surface area contributed by atoms with E-state index in [0.29, 0.717) is 21.9 Å².